The Morgan fingerprint density at radius 2 is 2.24 bits per heavy atom. The van der Waals surface area contributed by atoms with Crippen LogP contribution in [0.5, 0.6) is 0 Å². The molecule has 1 saturated heterocycles. The van der Waals surface area contributed by atoms with E-state index in [4.69, 9.17) is 0 Å². The molecule has 0 atom stereocenters. The fraction of sp³-hybridized carbons (Fsp3) is 0.500. The number of halogens is 1. The third-order valence-corrected chi connectivity index (χ3v) is 6.62. The van der Waals surface area contributed by atoms with Gasteiger partial charge in [0, 0.05) is 28.7 Å². The van der Waals surface area contributed by atoms with Gasteiger partial charge in [-0.15, -0.1) is 11.3 Å². The van der Waals surface area contributed by atoms with E-state index in [1.165, 1.54) is 11.3 Å². The van der Waals surface area contributed by atoms with E-state index in [-0.39, 0.29) is 16.9 Å². The summed E-state index contributed by atoms with van der Waals surface area (Å²) in [6.07, 6.45) is 0. The van der Waals surface area contributed by atoms with Gasteiger partial charge in [0.25, 0.3) is 5.91 Å². The highest BCUT2D eigenvalue weighted by molar-refractivity contribution is 9.10. The molecule has 1 aliphatic rings. The molecule has 0 radical (unpaired) electrons. The summed E-state index contributed by atoms with van der Waals surface area (Å²) in [5.41, 5.74) is 0. The van der Waals surface area contributed by atoms with Gasteiger partial charge < -0.3 is 4.90 Å². The summed E-state index contributed by atoms with van der Waals surface area (Å²) in [4.78, 5) is 14.1. The zero-order valence-corrected chi connectivity index (χ0v) is 12.4. The van der Waals surface area contributed by atoms with E-state index in [1.54, 1.807) is 17.9 Å². The van der Waals surface area contributed by atoms with Crippen molar-refractivity contribution in [1.29, 1.82) is 0 Å². The Bertz CT molecular complexity index is 532. The minimum absolute atomic E-state index is 0.0803. The summed E-state index contributed by atoms with van der Waals surface area (Å²) in [5.74, 6) is 0.0628. The van der Waals surface area contributed by atoms with E-state index in [1.807, 2.05) is 5.38 Å². The summed E-state index contributed by atoms with van der Waals surface area (Å²) in [7, 11) is -3.00. The van der Waals surface area contributed by atoms with Crippen molar-refractivity contribution in [1.82, 2.24) is 4.90 Å². The summed E-state index contributed by atoms with van der Waals surface area (Å²) in [6.45, 7) is 2.28. The molecule has 1 amide bonds. The molecule has 2 heterocycles. The molecule has 0 bridgehead atoms. The zero-order valence-electron chi connectivity index (χ0n) is 9.22. The van der Waals surface area contributed by atoms with Gasteiger partial charge in [-0.1, -0.05) is 6.92 Å². The van der Waals surface area contributed by atoms with Crippen LogP contribution in [0.3, 0.4) is 0 Å². The van der Waals surface area contributed by atoms with E-state index in [0.717, 1.165) is 4.47 Å². The van der Waals surface area contributed by atoms with Crippen molar-refractivity contribution in [3.05, 3.63) is 20.8 Å². The second-order valence-electron chi connectivity index (χ2n) is 3.91. The summed E-state index contributed by atoms with van der Waals surface area (Å²) in [6, 6.07) is 1.76. The standard InChI is InChI=1S/C10H12BrNO3S2/c1-2-17(14,15)8-4-12(5-8)10(13)9-3-7(11)6-16-9/h3,6,8H,2,4-5H2,1H3. The van der Waals surface area contributed by atoms with Gasteiger partial charge in [-0.3, -0.25) is 4.79 Å². The predicted molar refractivity (Wildman–Crippen MR) is 71.2 cm³/mol. The molecule has 0 aliphatic carbocycles. The Balaban J connectivity index is 1.99. The number of sulfone groups is 1. The first-order valence-corrected chi connectivity index (χ1v) is 8.57. The molecule has 7 heteroatoms. The zero-order chi connectivity index (χ0) is 12.6. The molecule has 0 aromatic carbocycles. The average Bonchev–Trinajstić information content (AvgIpc) is 2.62. The first kappa shape index (κ1) is 13.0. The second kappa shape index (κ2) is 4.70. The molecule has 1 aromatic heterocycles. The minimum atomic E-state index is -3.00. The fourth-order valence-corrected chi connectivity index (χ4v) is 4.33. The third-order valence-electron chi connectivity index (χ3n) is 2.82. The highest BCUT2D eigenvalue weighted by Gasteiger charge is 2.39. The van der Waals surface area contributed by atoms with Crippen molar-refractivity contribution in [3.63, 3.8) is 0 Å². The number of rotatable bonds is 3. The van der Waals surface area contributed by atoms with Gasteiger partial charge in [-0.2, -0.15) is 0 Å². The molecule has 1 fully saturated rings. The Morgan fingerprint density at radius 3 is 2.71 bits per heavy atom. The lowest BCUT2D eigenvalue weighted by Gasteiger charge is -2.38. The van der Waals surface area contributed by atoms with Crippen molar-refractivity contribution >= 4 is 43.0 Å². The number of carbonyl (C=O) groups is 1. The molecule has 0 saturated carbocycles. The van der Waals surface area contributed by atoms with Crippen LogP contribution in [0.4, 0.5) is 0 Å². The molecular weight excluding hydrogens is 326 g/mol. The first-order chi connectivity index (χ1) is 7.94. The highest BCUT2D eigenvalue weighted by atomic mass is 79.9. The highest BCUT2D eigenvalue weighted by Crippen LogP contribution is 2.25. The lowest BCUT2D eigenvalue weighted by Crippen LogP contribution is -2.57. The van der Waals surface area contributed by atoms with E-state index in [9.17, 15) is 13.2 Å². The van der Waals surface area contributed by atoms with E-state index in [0.29, 0.717) is 18.0 Å². The lowest BCUT2D eigenvalue weighted by atomic mass is 10.2. The van der Waals surface area contributed by atoms with Gasteiger partial charge in [0.15, 0.2) is 9.84 Å². The van der Waals surface area contributed by atoms with Gasteiger partial charge in [0.1, 0.15) is 0 Å². The normalized spacial score (nSPS) is 16.9. The first-order valence-electron chi connectivity index (χ1n) is 5.19. The predicted octanol–water partition coefficient (Wildman–Crippen LogP) is 1.77. The van der Waals surface area contributed by atoms with Crippen LogP contribution < -0.4 is 0 Å². The molecule has 0 unspecified atom stereocenters. The van der Waals surface area contributed by atoms with Crippen molar-refractivity contribution in [2.24, 2.45) is 0 Å². The van der Waals surface area contributed by atoms with Crippen molar-refractivity contribution in [3.8, 4) is 0 Å². The van der Waals surface area contributed by atoms with Gasteiger partial charge in [0.2, 0.25) is 0 Å². The second-order valence-corrected chi connectivity index (χ2v) is 8.31. The Labute approximate surface area is 113 Å². The monoisotopic (exact) mass is 337 g/mol. The molecule has 17 heavy (non-hydrogen) atoms. The Hall–Kier alpha value is -0.400. The Kier molecular flexibility index (Phi) is 3.61. The van der Waals surface area contributed by atoms with Gasteiger partial charge in [-0.05, 0) is 22.0 Å². The number of likely N-dealkylation sites (tertiary alicyclic amines) is 1. The number of hydrogen-bond donors (Lipinski definition) is 0. The van der Waals surface area contributed by atoms with Crippen LogP contribution in [-0.4, -0.2) is 43.3 Å². The SMILES string of the molecule is CCS(=O)(=O)C1CN(C(=O)c2cc(Br)cs2)C1. The van der Waals surface area contributed by atoms with Gasteiger partial charge in [0.05, 0.1) is 10.1 Å². The van der Waals surface area contributed by atoms with Crippen LogP contribution in [0.1, 0.15) is 16.6 Å². The lowest BCUT2D eigenvalue weighted by molar-refractivity contribution is 0.0664. The molecule has 94 valence electrons. The van der Waals surface area contributed by atoms with Crippen molar-refractivity contribution in [2.45, 2.75) is 12.2 Å². The molecule has 0 N–H and O–H groups in total. The average molecular weight is 338 g/mol. The molecule has 2 rings (SSSR count). The van der Waals surface area contributed by atoms with Crippen molar-refractivity contribution < 1.29 is 13.2 Å². The van der Waals surface area contributed by atoms with Crippen LogP contribution in [0.2, 0.25) is 0 Å². The molecular formula is C10H12BrNO3S2. The van der Waals surface area contributed by atoms with Crippen LogP contribution in [0.15, 0.2) is 15.9 Å². The minimum Gasteiger partial charge on any atom is -0.335 e. The van der Waals surface area contributed by atoms with E-state index >= 15 is 0 Å². The largest absolute Gasteiger partial charge is 0.335 e. The third kappa shape index (κ3) is 2.56. The maximum atomic E-state index is 11.9. The smallest absolute Gasteiger partial charge is 0.264 e. The molecule has 1 aromatic rings. The quantitative estimate of drug-likeness (QED) is 0.844. The summed E-state index contributed by atoms with van der Waals surface area (Å²) < 4.78 is 24.0. The maximum Gasteiger partial charge on any atom is 0.264 e. The van der Waals surface area contributed by atoms with Crippen molar-refractivity contribution in [2.75, 3.05) is 18.8 Å². The molecule has 4 nitrogen and oxygen atoms in total. The number of amides is 1. The van der Waals surface area contributed by atoms with Crippen LogP contribution in [0, 0.1) is 0 Å². The topological polar surface area (TPSA) is 54.5 Å². The van der Waals surface area contributed by atoms with Crippen LogP contribution in [-0.2, 0) is 9.84 Å². The van der Waals surface area contributed by atoms with Crippen LogP contribution in [0.25, 0.3) is 0 Å². The molecule has 0 spiro atoms. The van der Waals surface area contributed by atoms with Gasteiger partial charge >= 0.3 is 0 Å². The number of nitrogens with zero attached hydrogens (tertiary/aromatic N) is 1. The number of carbonyl (C=O) groups excluding carboxylic acids is 1. The maximum absolute atomic E-state index is 11.9. The summed E-state index contributed by atoms with van der Waals surface area (Å²) >= 11 is 4.65. The molecule has 1 aliphatic heterocycles. The Morgan fingerprint density at radius 1 is 1.59 bits per heavy atom. The van der Waals surface area contributed by atoms with Crippen LogP contribution >= 0.6 is 27.3 Å². The van der Waals surface area contributed by atoms with E-state index in [2.05, 4.69) is 15.9 Å². The number of hydrogen-bond acceptors (Lipinski definition) is 4. The van der Waals surface area contributed by atoms with Gasteiger partial charge in [-0.25, -0.2) is 8.42 Å². The fourth-order valence-electron chi connectivity index (χ4n) is 1.65. The van der Waals surface area contributed by atoms with E-state index < -0.39 is 9.84 Å². The summed E-state index contributed by atoms with van der Waals surface area (Å²) in [5, 5.41) is 1.47. The number of thiophene rings is 1.